The van der Waals surface area contributed by atoms with E-state index in [9.17, 15) is 0 Å². The number of hydrogen-bond donors (Lipinski definition) is 3. The molecule has 4 aromatic rings. The molecule has 1 saturated heterocycles. The highest BCUT2D eigenvalue weighted by atomic mass is 16.5. The van der Waals surface area contributed by atoms with Crippen LogP contribution in [0.1, 0.15) is 18.4 Å². The molecule has 7 nitrogen and oxygen atoms in total. The van der Waals surface area contributed by atoms with Gasteiger partial charge in [0.15, 0.2) is 0 Å². The fraction of sp³-hybridized carbons (Fsp3) is 0.280. The van der Waals surface area contributed by atoms with E-state index in [1.165, 1.54) is 0 Å². The molecule has 5 rings (SSSR count). The van der Waals surface area contributed by atoms with Gasteiger partial charge in [-0.1, -0.05) is 0 Å². The summed E-state index contributed by atoms with van der Waals surface area (Å²) in [5.74, 6) is 2.33. The molecule has 3 heterocycles. The molecule has 0 bridgehead atoms. The van der Waals surface area contributed by atoms with E-state index in [4.69, 9.17) is 9.72 Å². The van der Waals surface area contributed by atoms with Crippen molar-refractivity contribution in [2.75, 3.05) is 30.4 Å². The van der Waals surface area contributed by atoms with Crippen LogP contribution in [0.15, 0.2) is 60.9 Å². The van der Waals surface area contributed by atoms with Crippen molar-refractivity contribution < 1.29 is 4.74 Å². The van der Waals surface area contributed by atoms with Gasteiger partial charge in [0.2, 0.25) is 5.95 Å². The minimum atomic E-state index is 0.291. The Bertz CT molecular complexity index is 1200. The van der Waals surface area contributed by atoms with Crippen LogP contribution in [0, 0.1) is 6.92 Å². The molecule has 32 heavy (non-hydrogen) atoms. The van der Waals surface area contributed by atoms with E-state index in [1.54, 1.807) is 0 Å². The van der Waals surface area contributed by atoms with Gasteiger partial charge in [0.25, 0.3) is 0 Å². The van der Waals surface area contributed by atoms with Crippen LogP contribution in [-0.4, -0.2) is 41.2 Å². The van der Waals surface area contributed by atoms with E-state index < -0.39 is 0 Å². The molecule has 2 aromatic heterocycles. The largest absolute Gasteiger partial charge is 0.490 e. The van der Waals surface area contributed by atoms with Gasteiger partial charge in [-0.15, -0.1) is 0 Å². The van der Waals surface area contributed by atoms with E-state index in [0.717, 1.165) is 65.3 Å². The molecule has 0 unspecified atom stereocenters. The van der Waals surface area contributed by atoms with Crippen LogP contribution < -0.4 is 20.3 Å². The zero-order valence-corrected chi connectivity index (χ0v) is 18.4. The fourth-order valence-corrected chi connectivity index (χ4v) is 3.96. The quantitative estimate of drug-likeness (QED) is 0.405. The summed E-state index contributed by atoms with van der Waals surface area (Å²) >= 11 is 0. The Hall–Kier alpha value is -3.58. The number of H-pyrrole nitrogens is 1. The number of rotatable bonds is 6. The SMILES string of the molecule is Cc1cnc(N(C)c2ccc(OC3CCNCC3)cc2)nc1Nc1ccc2[nH]ccc2c1. The highest BCUT2D eigenvalue weighted by Gasteiger charge is 2.15. The Morgan fingerprint density at radius 3 is 2.69 bits per heavy atom. The van der Waals surface area contributed by atoms with Crippen molar-refractivity contribution >= 4 is 34.0 Å². The maximum Gasteiger partial charge on any atom is 0.231 e. The third-order valence-corrected chi connectivity index (χ3v) is 5.89. The predicted octanol–water partition coefficient (Wildman–Crippen LogP) is 4.91. The smallest absolute Gasteiger partial charge is 0.231 e. The first kappa shape index (κ1) is 20.3. The zero-order valence-electron chi connectivity index (χ0n) is 18.4. The Labute approximate surface area is 187 Å². The van der Waals surface area contributed by atoms with Crippen LogP contribution in [0.4, 0.5) is 23.1 Å². The highest BCUT2D eigenvalue weighted by Crippen LogP contribution is 2.27. The first-order valence-corrected chi connectivity index (χ1v) is 11.0. The number of fused-ring (bicyclic) bond motifs is 1. The van der Waals surface area contributed by atoms with Gasteiger partial charge in [-0.25, -0.2) is 4.98 Å². The third kappa shape index (κ3) is 4.38. The van der Waals surface area contributed by atoms with Crippen molar-refractivity contribution in [1.29, 1.82) is 0 Å². The van der Waals surface area contributed by atoms with Crippen LogP contribution in [0.2, 0.25) is 0 Å². The molecule has 1 aliphatic rings. The number of hydrogen-bond acceptors (Lipinski definition) is 6. The summed E-state index contributed by atoms with van der Waals surface area (Å²) in [6.07, 6.45) is 6.18. The Morgan fingerprint density at radius 1 is 1.06 bits per heavy atom. The van der Waals surface area contributed by atoms with Crippen molar-refractivity contribution in [3.63, 3.8) is 0 Å². The van der Waals surface area contributed by atoms with Crippen LogP contribution in [-0.2, 0) is 0 Å². The molecule has 1 fully saturated rings. The van der Waals surface area contributed by atoms with E-state index in [1.807, 2.05) is 61.6 Å². The minimum absolute atomic E-state index is 0.291. The van der Waals surface area contributed by atoms with Gasteiger partial charge in [-0.3, -0.25) is 0 Å². The van der Waals surface area contributed by atoms with E-state index in [-0.39, 0.29) is 0 Å². The lowest BCUT2D eigenvalue weighted by molar-refractivity contribution is 0.162. The molecular formula is C25H28N6O. The third-order valence-electron chi connectivity index (χ3n) is 5.89. The topological polar surface area (TPSA) is 78.1 Å². The van der Waals surface area contributed by atoms with Crippen molar-refractivity contribution in [3.05, 3.63) is 66.5 Å². The number of ether oxygens (including phenoxy) is 1. The van der Waals surface area contributed by atoms with Gasteiger partial charge in [0.05, 0.1) is 0 Å². The summed E-state index contributed by atoms with van der Waals surface area (Å²) in [7, 11) is 1.98. The summed E-state index contributed by atoms with van der Waals surface area (Å²) < 4.78 is 6.12. The summed E-state index contributed by atoms with van der Waals surface area (Å²) in [6, 6.07) is 16.4. The monoisotopic (exact) mass is 428 g/mol. The second-order valence-corrected chi connectivity index (χ2v) is 8.23. The first-order valence-electron chi connectivity index (χ1n) is 11.0. The van der Waals surface area contributed by atoms with Gasteiger partial charge >= 0.3 is 0 Å². The molecule has 0 aliphatic carbocycles. The maximum absolute atomic E-state index is 6.12. The number of nitrogens with one attached hydrogen (secondary N) is 3. The molecule has 0 saturated carbocycles. The van der Waals surface area contributed by atoms with Gasteiger partial charge in [0, 0.05) is 47.3 Å². The van der Waals surface area contributed by atoms with Gasteiger partial charge in [-0.2, -0.15) is 4.98 Å². The Morgan fingerprint density at radius 2 is 1.88 bits per heavy atom. The Kier molecular flexibility index (Phi) is 5.64. The number of aromatic amines is 1. The summed E-state index contributed by atoms with van der Waals surface area (Å²) in [5.41, 5.74) is 4.10. The number of anilines is 4. The minimum Gasteiger partial charge on any atom is -0.490 e. The Balaban J connectivity index is 1.31. The molecule has 3 N–H and O–H groups in total. The van der Waals surface area contributed by atoms with Crippen molar-refractivity contribution in [1.82, 2.24) is 20.3 Å². The molecular weight excluding hydrogens is 400 g/mol. The van der Waals surface area contributed by atoms with Gasteiger partial charge in [-0.05, 0) is 81.4 Å². The molecule has 0 atom stereocenters. The van der Waals surface area contributed by atoms with Crippen molar-refractivity contribution in [2.45, 2.75) is 25.9 Å². The lowest BCUT2D eigenvalue weighted by atomic mass is 10.1. The summed E-state index contributed by atoms with van der Waals surface area (Å²) in [4.78, 5) is 14.5. The molecule has 2 aromatic carbocycles. The number of benzene rings is 2. The second kappa shape index (κ2) is 8.88. The van der Waals surface area contributed by atoms with Gasteiger partial charge in [0.1, 0.15) is 17.7 Å². The first-order chi connectivity index (χ1) is 15.7. The lowest BCUT2D eigenvalue weighted by Crippen LogP contribution is -2.34. The molecule has 0 amide bonds. The zero-order chi connectivity index (χ0) is 21.9. The van der Waals surface area contributed by atoms with Crippen molar-refractivity contribution in [2.24, 2.45) is 0 Å². The highest BCUT2D eigenvalue weighted by molar-refractivity contribution is 5.84. The fourth-order valence-electron chi connectivity index (χ4n) is 3.96. The number of aromatic nitrogens is 3. The normalized spacial score (nSPS) is 14.4. The molecule has 0 spiro atoms. The maximum atomic E-state index is 6.12. The van der Waals surface area contributed by atoms with E-state index >= 15 is 0 Å². The lowest BCUT2D eigenvalue weighted by Gasteiger charge is -2.24. The molecule has 7 heteroatoms. The number of aryl methyl sites for hydroxylation is 1. The average molecular weight is 429 g/mol. The summed E-state index contributed by atoms with van der Waals surface area (Å²) in [6.45, 7) is 4.05. The molecule has 1 aliphatic heterocycles. The van der Waals surface area contributed by atoms with Crippen LogP contribution in [0.5, 0.6) is 5.75 Å². The van der Waals surface area contributed by atoms with E-state index in [2.05, 4.69) is 38.8 Å². The second-order valence-electron chi connectivity index (χ2n) is 8.23. The summed E-state index contributed by atoms with van der Waals surface area (Å²) in [5, 5.41) is 7.96. The number of nitrogens with zero attached hydrogens (tertiary/aromatic N) is 3. The standard InChI is InChI=1S/C25H28N6O/c1-17-16-28-25(30-24(17)29-19-3-8-23-18(15-19)9-14-27-23)31(2)20-4-6-21(7-5-20)32-22-10-12-26-13-11-22/h3-9,14-16,22,26-27H,10-13H2,1-2H3,(H,28,29,30). The predicted molar refractivity (Wildman–Crippen MR) is 129 cm³/mol. The average Bonchev–Trinajstić information content (AvgIpc) is 3.29. The van der Waals surface area contributed by atoms with Crippen LogP contribution in [0.25, 0.3) is 10.9 Å². The number of piperidine rings is 1. The molecule has 164 valence electrons. The van der Waals surface area contributed by atoms with Crippen LogP contribution >= 0.6 is 0 Å². The van der Waals surface area contributed by atoms with Crippen LogP contribution in [0.3, 0.4) is 0 Å². The van der Waals surface area contributed by atoms with Gasteiger partial charge < -0.3 is 25.3 Å². The molecule has 0 radical (unpaired) electrons. The van der Waals surface area contributed by atoms with E-state index in [0.29, 0.717) is 12.1 Å². The van der Waals surface area contributed by atoms with Crippen molar-refractivity contribution in [3.8, 4) is 5.75 Å².